The molecule has 1 heterocycles. The minimum atomic E-state index is -0.727. The van der Waals surface area contributed by atoms with E-state index in [0.29, 0.717) is 36.0 Å². The maximum Gasteiger partial charge on any atom is 0.331 e. The van der Waals surface area contributed by atoms with Crippen molar-refractivity contribution in [3.8, 4) is 17.2 Å². The van der Waals surface area contributed by atoms with Crippen LogP contribution in [0.4, 0.5) is 10.1 Å². The normalized spacial score (nSPS) is 12.9. The number of nitrogens with one attached hydrogen (secondary N) is 1. The van der Waals surface area contributed by atoms with E-state index in [2.05, 4.69) is 5.32 Å². The number of esters is 1. The van der Waals surface area contributed by atoms with Crippen molar-refractivity contribution >= 4 is 23.6 Å². The molecule has 0 bridgehead atoms. The van der Waals surface area contributed by atoms with E-state index >= 15 is 0 Å². The SMILES string of the molecule is COc1ccc(/C=C/C(=O)OCC(=O)Nc2ccc3c(c2)OCCCO3)cc1F. The number of rotatable bonds is 6. The van der Waals surface area contributed by atoms with Crippen molar-refractivity contribution in [3.63, 3.8) is 0 Å². The molecule has 0 aliphatic carbocycles. The van der Waals surface area contributed by atoms with Crippen LogP contribution >= 0.6 is 0 Å². The van der Waals surface area contributed by atoms with E-state index in [1.54, 1.807) is 24.3 Å². The summed E-state index contributed by atoms with van der Waals surface area (Å²) in [5.41, 5.74) is 0.955. The first-order valence-corrected chi connectivity index (χ1v) is 8.93. The van der Waals surface area contributed by atoms with Crippen LogP contribution in [0, 0.1) is 5.82 Å². The van der Waals surface area contributed by atoms with Gasteiger partial charge in [-0.1, -0.05) is 6.07 Å². The van der Waals surface area contributed by atoms with Crippen LogP contribution in [0.5, 0.6) is 17.2 Å². The number of carbonyl (C=O) groups is 2. The zero-order valence-corrected chi connectivity index (χ0v) is 15.8. The Hall–Kier alpha value is -3.55. The van der Waals surface area contributed by atoms with Crippen molar-refractivity contribution in [1.82, 2.24) is 0 Å². The molecule has 0 unspecified atom stereocenters. The molecule has 0 saturated heterocycles. The molecule has 152 valence electrons. The van der Waals surface area contributed by atoms with Crippen LogP contribution in [0.2, 0.25) is 0 Å². The van der Waals surface area contributed by atoms with Gasteiger partial charge in [0.15, 0.2) is 29.7 Å². The van der Waals surface area contributed by atoms with E-state index in [4.69, 9.17) is 18.9 Å². The number of ether oxygens (including phenoxy) is 4. The number of halogens is 1. The summed E-state index contributed by atoms with van der Waals surface area (Å²) >= 11 is 0. The molecular formula is C21H20FNO6. The van der Waals surface area contributed by atoms with Gasteiger partial charge in [0.2, 0.25) is 0 Å². The lowest BCUT2D eigenvalue weighted by Gasteiger charge is -2.10. The zero-order valence-electron chi connectivity index (χ0n) is 15.8. The number of anilines is 1. The molecule has 0 aromatic heterocycles. The van der Waals surface area contributed by atoms with E-state index in [0.717, 1.165) is 12.5 Å². The largest absolute Gasteiger partial charge is 0.494 e. The number of hydrogen-bond acceptors (Lipinski definition) is 6. The third kappa shape index (κ3) is 5.71. The highest BCUT2D eigenvalue weighted by Gasteiger charge is 2.12. The maximum absolute atomic E-state index is 13.6. The van der Waals surface area contributed by atoms with Crippen molar-refractivity contribution in [2.75, 3.05) is 32.2 Å². The summed E-state index contributed by atoms with van der Waals surface area (Å²) in [6.45, 7) is 0.645. The molecule has 3 rings (SSSR count). The highest BCUT2D eigenvalue weighted by Crippen LogP contribution is 2.32. The fourth-order valence-electron chi connectivity index (χ4n) is 2.57. The first kappa shape index (κ1) is 20.2. The molecule has 29 heavy (non-hydrogen) atoms. The van der Waals surface area contributed by atoms with Crippen molar-refractivity contribution in [2.24, 2.45) is 0 Å². The second-order valence-corrected chi connectivity index (χ2v) is 6.10. The minimum absolute atomic E-state index is 0.108. The van der Waals surface area contributed by atoms with Crippen molar-refractivity contribution in [2.45, 2.75) is 6.42 Å². The highest BCUT2D eigenvalue weighted by molar-refractivity contribution is 5.94. The van der Waals surface area contributed by atoms with Gasteiger partial charge in [-0.15, -0.1) is 0 Å². The quantitative estimate of drug-likeness (QED) is 0.591. The maximum atomic E-state index is 13.6. The van der Waals surface area contributed by atoms with Crippen molar-refractivity contribution in [1.29, 1.82) is 0 Å². The standard InChI is InChI=1S/C21H20FNO6/c1-26-17-6-3-14(11-16(17)22)4-8-21(25)29-13-20(24)23-15-5-7-18-19(12-15)28-10-2-9-27-18/h3-8,11-12H,2,9-10,13H2,1H3,(H,23,24)/b8-4+. The lowest BCUT2D eigenvalue weighted by Crippen LogP contribution is -2.20. The van der Waals surface area contributed by atoms with Gasteiger partial charge in [-0.05, 0) is 35.9 Å². The number of carbonyl (C=O) groups excluding carboxylic acids is 2. The molecule has 2 aromatic carbocycles. The molecule has 0 radical (unpaired) electrons. The molecule has 1 amide bonds. The van der Waals surface area contributed by atoms with Crippen LogP contribution in [0.3, 0.4) is 0 Å². The lowest BCUT2D eigenvalue weighted by molar-refractivity contribution is -0.142. The third-order valence-corrected chi connectivity index (χ3v) is 3.96. The molecule has 8 heteroatoms. The Bertz CT molecular complexity index is 927. The molecule has 7 nitrogen and oxygen atoms in total. The Balaban J connectivity index is 1.49. The molecule has 0 fully saturated rings. The van der Waals surface area contributed by atoms with Crippen LogP contribution in [-0.4, -0.2) is 38.8 Å². The molecular weight excluding hydrogens is 381 g/mol. The Kier molecular flexibility index (Phi) is 6.67. The summed E-state index contributed by atoms with van der Waals surface area (Å²) in [7, 11) is 1.36. The first-order chi connectivity index (χ1) is 14.0. The number of amides is 1. The van der Waals surface area contributed by atoms with Gasteiger partial charge in [0.1, 0.15) is 0 Å². The summed E-state index contributed by atoms with van der Waals surface area (Å²) < 4.78 is 34.4. The van der Waals surface area contributed by atoms with Crippen LogP contribution in [0.25, 0.3) is 6.08 Å². The Morgan fingerprint density at radius 3 is 2.69 bits per heavy atom. The van der Waals surface area contributed by atoms with Gasteiger partial charge >= 0.3 is 5.97 Å². The van der Waals surface area contributed by atoms with Crippen molar-refractivity contribution in [3.05, 3.63) is 53.9 Å². The topological polar surface area (TPSA) is 83.1 Å². The number of benzene rings is 2. The highest BCUT2D eigenvalue weighted by atomic mass is 19.1. The van der Waals surface area contributed by atoms with Crippen LogP contribution in [0.15, 0.2) is 42.5 Å². The molecule has 2 aromatic rings. The average molecular weight is 401 g/mol. The summed E-state index contributed by atoms with van der Waals surface area (Å²) in [5.74, 6) is -0.501. The van der Waals surface area contributed by atoms with Gasteiger partial charge in [-0.2, -0.15) is 0 Å². The van der Waals surface area contributed by atoms with E-state index in [1.165, 1.54) is 25.3 Å². The molecule has 1 aliphatic heterocycles. The van der Waals surface area contributed by atoms with Gasteiger partial charge in [-0.3, -0.25) is 4.79 Å². The van der Waals surface area contributed by atoms with Crippen LogP contribution in [0.1, 0.15) is 12.0 Å². The first-order valence-electron chi connectivity index (χ1n) is 8.93. The summed E-state index contributed by atoms with van der Waals surface area (Å²) in [5, 5.41) is 2.62. The number of hydrogen-bond donors (Lipinski definition) is 1. The van der Waals surface area contributed by atoms with Crippen molar-refractivity contribution < 1.29 is 32.9 Å². The molecule has 1 aliphatic rings. The molecule has 0 saturated carbocycles. The van der Waals surface area contributed by atoms with E-state index in [-0.39, 0.29) is 5.75 Å². The minimum Gasteiger partial charge on any atom is -0.494 e. The fraction of sp³-hybridized carbons (Fsp3) is 0.238. The number of methoxy groups -OCH3 is 1. The van der Waals surface area contributed by atoms with Gasteiger partial charge in [-0.25, -0.2) is 9.18 Å². The number of fused-ring (bicyclic) bond motifs is 1. The lowest BCUT2D eigenvalue weighted by atomic mass is 10.2. The second-order valence-electron chi connectivity index (χ2n) is 6.10. The smallest absolute Gasteiger partial charge is 0.331 e. The van der Waals surface area contributed by atoms with E-state index in [9.17, 15) is 14.0 Å². The third-order valence-electron chi connectivity index (χ3n) is 3.96. The molecule has 0 spiro atoms. The average Bonchev–Trinajstić information content (AvgIpc) is 2.96. The molecule has 1 N–H and O–H groups in total. The van der Waals surface area contributed by atoms with Crippen LogP contribution < -0.4 is 19.5 Å². The summed E-state index contributed by atoms with van der Waals surface area (Å²) in [6, 6.07) is 9.29. The van der Waals surface area contributed by atoms with Gasteiger partial charge < -0.3 is 24.3 Å². The van der Waals surface area contributed by atoms with Gasteiger partial charge in [0.05, 0.1) is 20.3 Å². The Morgan fingerprint density at radius 2 is 1.93 bits per heavy atom. The van der Waals surface area contributed by atoms with Gasteiger partial charge in [0.25, 0.3) is 5.91 Å². The fourth-order valence-corrected chi connectivity index (χ4v) is 2.57. The second kappa shape index (κ2) is 9.59. The predicted octanol–water partition coefficient (Wildman–Crippen LogP) is 3.19. The van der Waals surface area contributed by atoms with Crippen LogP contribution in [-0.2, 0) is 14.3 Å². The van der Waals surface area contributed by atoms with Gasteiger partial charge in [0, 0.05) is 24.3 Å². The summed E-state index contributed by atoms with van der Waals surface area (Å²) in [6.07, 6.45) is 3.28. The van der Waals surface area contributed by atoms with E-state index in [1.807, 2.05) is 0 Å². The summed E-state index contributed by atoms with van der Waals surface area (Å²) in [4.78, 5) is 23.8. The Labute approximate surface area is 167 Å². The zero-order chi connectivity index (χ0) is 20.6. The van der Waals surface area contributed by atoms with E-state index < -0.39 is 24.3 Å². The Morgan fingerprint density at radius 1 is 1.14 bits per heavy atom. The monoisotopic (exact) mass is 401 g/mol. The predicted molar refractivity (Wildman–Crippen MR) is 104 cm³/mol. The molecule has 0 atom stereocenters.